The van der Waals surface area contributed by atoms with Gasteiger partial charge in [-0.1, -0.05) is 30.3 Å². The molecule has 1 aromatic heterocycles. The van der Waals surface area contributed by atoms with Gasteiger partial charge in [-0.15, -0.1) is 0 Å². The second-order valence-electron chi connectivity index (χ2n) is 9.35. The lowest BCUT2D eigenvalue weighted by Gasteiger charge is -2.42. The summed E-state index contributed by atoms with van der Waals surface area (Å²) < 4.78 is 6.49. The number of ether oxygens (including phenoxy) is 1. The highest BCUT2D eigenvalue weighted by molar-refractivity contribution is 5.81. The third-order valence-corrected chi connectivity index (χ3v) is 7.36. The highest BCUT2D eigenvalue weighted by Crippen LogP contribution is 2.39. The molecule has 2 aliphatic carbocycles. The van der Waals surface area contributed by atoms with Gasteiger partial charge < -0.3 is 9.64 Å². The number of carbonyl (C=O) groups excluding carboxylic acids is 1. The van der Waals surface area contributed by atoms with Gasteiger partial charge in [0.05, 0.1) is 18.8 Å². The maximum absolute atomic E-state index is 13.0. The summed E-state index contributed by atoms with van der Waals surface area (Å²) in [6.07, 6.45) is 11.0. The first kappa shape index (κ1) is 19.8. The van der Waals surface area contributed by atoms with Gasteiger partial charge in [-0.25, -0.2) is 0 Å². The summed E-state index contributed by atoms with van der Waals surface area (Å²) in [7, 11) is 0. The molecule has 0 bridgehead atoms. The van der Waals surface area contributed by atoms with Crippen LogP contribution in [0.4, 0.5) is 0 Å². The van der Waals surface area contributed by atoms with Crippen molar-refractivity contribution in [3.8, 4) is 0 Å². The van der Waals surface area contributed by atoms with E-state index in [1.807, 2.05) is 6.20 Å². The first-order valence-corrected chi connectivity index (χ1v) is 11.8. The minimum absolute atomic E-state index is 0.124. The van der Waals surface area contributed by atoms with Gasteiger partial charge in [0.2, 0.25) is 5.91 Å². The number of nitrogens with one attached hydrogen (secondary N) is 1. The van der Waals surface area contributed by atoms with Gasteiger partial charge >= 0.3 is 0 Å². The summed E-state index contributed by atoms with van der Waals surface area (Å²) in [5, 5.41) is 7.33. The van der Waals surface area contributed by atoms with Gasteiger partial charge in [-0.2, -0.15) is 5.10 Å². The molecule has 1 unspecified atom stereocenters. The summed E-state index contributed by atoms with van der Waals surface area (Å²) in [4.78, 5) is 15.1. The number of likely N-dealkylation sites (tertiary alicyclic amines) is 1. The molecule has 30 heavy (non-hydrogen) atoms. The number of benzene rings is 1. The Bertz CT molecular complexity index is 810. The first-order valence-electron chi connectivity index (χ1n) is 11.8. The molecule has 1 aromatic carbocycles. The molecule has 5 heteroatoms. The fourth-order valence-corrected chi connectivity index (χ4v) is 5.46. The van der Waals surface area contributed by atoms with E-state index in [4.69, 9.17) is 4.74 Å². The topological polar surface area (TPSA) is 58.2 Å². The smallest absolute Gasteiger partial charge is 0.226 e. The number of nitrogens with zero attached hydrogens (tertiary/aromatic N) is 2. The van der Waals surface area contributed by atoms with E-state index in [1.165, 1.54) is 18.4 Å². The number of aromatic nitrogens is 2. The van der Waals surface area contributed by atoms with Crippen LogP contribution >= 0.6 is 0 Å². The monoisotopic (exact) mass is 407 g/mol. The SMILES string of the molecule is O=C(C1CC1)N1CCCC(c2ccn[nH]2)[C@@H]1COC1CCC(c2ccccc2)CC1. The maximum atomic E-state index is 13.0. The van der Waals surface area contributed by atoms with Crippen molar-refractivity contribution in [2.45, 2.75) is 75.3 Å². The lowest BCUT2D eigenvalue weighted by Crippen LogP contribution is -2.51. The van der Waals surface area contributed by atoms with Crippen molar-refractivity contribution < 1.29 is 9.53 Å². The van der Waals surface area contributed by atoms with Crippen LogP contribution in [0, 0.1) is 5.92 Å². The van der Waals surface area contributed by atoms with E-state index in [0.29, 0.717) is 30.5 Å². The van der Waals surface area contributed by atoms with E-state index >= 15 is 0 Å². The van der Waals surface area contributed by atoms with Crippen molar-refractivity contribution in [2.75, 3.05) is 13.2 Å². The number of piperidine rings is 1. The molecule has 1 saturated heterocycles. The van der Waals surface area contributed by atoms with Crippen LogP contribution < -0.4 is 0 Å². The molecule has 2 heterocycles. The molecule has 1 N–H and O–H groups in total. The molecule has 1 aliphatic heterocycles. The summed E-state index contributed by atoms with van der Waals surface area (Å²) in [6.45, 7) is 1.51. The molecule has 5 rings (SSSR count). The van der Waals surface area contributed by atoms with Crippen LogP contribution in [0.3, 0.4) is 0 Å². The predicted octanol–water partition coefficient (Wildman–Crippen LogP) is 4.64. The highest BCUT2D eigenvalue weighted by Gasteiger charge is 2.41. The Balaban J connectivity index is 1.22. The Kier molecular flexibility index (Phi) is 5.89. The van der Waals surface area contributed by atoms with Gasteiger partial charge in [0, 0.05) is 30.3 Å². The Labute approximate surface area is 179 Å². The van der Waals surface area contributed by atoms with Crippen LogP contribution in [0.15, 0.2) is 42.6 Å². The zero-order chi connectivity index (χ0) is 20.3. The van der Waals surface area contributed by atoms with Crippen molar-refractivity contribution in [3.05, 3.63) is 53.9 Å². The summed E-state index contributed by atoms with van der Waals surface area (Å²) in [5.74, 6) is 1.56. The molecule has 2 aromatic rings. The van der Waals surface area contributed by atoms with Gasteiger partial charge in [-0.3, -0.25) is 9.89 Å². The van der Waals surface area contributed by atoms with Crippen molar-refractivity contribution in [1.29, 1.82) is 0 Å². The van der Waals surface area contributed by atoms with Crippen molar-refractivity contribution in [2.24, 2.45) is 5.92 Å². The zero-order valence-electron chi connectivity index (χ0n) is 17.7. The van der Waals surface area contributed by atoms with E-state index < -0.39 is 0 Å². The molecule has 0 radical (unpaired) electrons. The molecule has 2 saturated carbocycles. The number of amides is 1. The Morgan fingerprint density at radius 1 is 1.03 bits per heavy atom. The van der Waals surface area contributed by atoms with Crippen LogP contribution in [0.2, 0.25) is 0 Å². The molecule has 5 nitrogen and oxygen atoms in total. The summed E-state index contributed by atoms with van der Waals surface area (Å²) in [5.41, 5.74) is 2.61. The van der Waals surface area contributed by atoms with Crippen LogP contribution in [-0.4, -0.2) is 46.3 Å². The molecule has 2 atom stereocenters. The number of carbonyl (C=O) groups is 1. The standard InChI is InChI=1S/C25H33N3O2/c29-25(20-8-9-20)28-16-4-7-22(23-14-15-26-27-23)24(28)17-30-21-12-10-19(11-13-21)18-5-2-1-3-6-18/h1-3,5-6,14-15,19-22,24H,4,7-13,16-17H2,(H,26,27)/t19?,21?,22?,24-/m0/s1. The van der Waals surface area contributed by atoms with Crippen LogP contribution in [0.5, 0.6) is 0 Å². The molecule has 3 fully saturated rings. The Hall–Kier alpha value is -2.14. The fraction of sp³-hybridized carbons (Fsp3) is 0.600. The predicted molar refractivity (Wildman–Crippen MR) is 116 cm³/mol. The normalized spacial score (nSPS) is 29.7. The lowest BCUT2D eigenvalue weighted by molar-refractivity contribution is -0.139. The summed E-state index contributed by atoms with van der Waals surface area (Å²) >= 11 is 0. The van der Waals surface area contributed by atoms with E-state index in [2.05, 4.69) is 51.5 Å². The number of hydrogen-bond donors (Lipinski definition) is 1. The summed E-state index contributed by atoms with van der Waals surface area (Å²) in [6, 6.07) is 13.1. The minimum atomic E-state index is 0.124. The zero-order valence-corrected chi connectivity index (χ0v) is 17.7. The van der Waals surface area contributed by atoms with Crippen LogP contribution in [0.1, 0.15) is 74.5 Å². The van der Waals surface area contributed by atoms with E-state index in [1.54, 1.807) is 0 Å². The second kappa shape index (κ2) is 8.93. The van der Waals surface area contributed by atoms with E-state index in [9.17, 15) is 4.79 Å². The maximum Gasteiger partial charge on any atom is 0.226 e. The average molecular weight is 408 g/mol. The van der Waals surface area contributed by atoms with Gasteiger partial charge in [0.15, 0.2) is 0 Å². The first-order chi connectivity index (χ1) is 14.8. The average Bonchev–Trinajstić information content (AvgIpc) is 3.52. The third kappa shape index (κ3) is 4.31. The Morgan fingerprint density at radius 3 is 2.53 bits per heavy atom. The van der Waals surface area contributed by atoms with Crippen molar-refractivity contribution >= 4 is 5.91 Å². The van der Waals surface area contributed by atoms with Gasteiger partial charge in [0.1, 0.15) is 0 Å². The fourth-order valence-electron chi connectivity index (χ4n) is 5.46. The molecule has 160 valence electrons. The highest BCUT2D eigenvalue weighted by atomic mass is 16.5. The largest absolute Gasteiger partial charge is 0.376 e. The van der Waals surface area contributed by atoms with Crippen molar-refractivity contribution in [1.82, 2.24) is 15.1 Å². The third-order valence-electron chi connectivity index (χ3n) is 7.36. The molecule has 1 amide bonds. The quantitative estimate of drug-likeness (QED) is 0.759. The molecular formula is C25H33N3O2. The van der Waals surface area contributed by atoms with Gasteiger partial charge in [-0.05, 0) is 68.9 Å². The number of hydrogen-bond acceptors (Lipinski definition) is 3. The van der Waals surface area contributed by atoms with Crippen LogP contribution in [0.25, 0.3) is 0 Å². The number of H-pyrrole nitrogens is 1. The lowest BCUT2D eigenvalue weighted by atomic mass is 9.82. The van der Waals surface area contributed by atoms with Crippen LogP contribution in [-0.2, 0) is 9.53 Å². The molecule has 3 aliphatic rings. The molecular weight excluding hydrogens is 374 g/mol. The minimum Gasteiger partial charge on any atom is -0.376 e. The number of aromatic amines is 1. The second-order valence-corrected chi connectivity index (χ2v) is 9.35. The van der Waals surface area contributed by atoms with E-state index in [-0.39, 0.29) is 12.0 Å². The van der Waals surface area contributed by atoms with E-state index in [0.717, 1.165) is 50.8 Å². The van der Waals surface area contributed by atoms with Crippen molar-refractivity contribution in [3.63, 3.8) is 0 Å². The van der Waals surface area contributed by atoms with Gasteiger partial charge in [0.25, 0.3) is 0 Å². The Morgan fingerprint density at radius 2 is 1.83 bits per heavy atom. The number of rotatable bonds is 6. The molecule has 0 spiro atoms.